The molecule has 0 saturated heterocycles. The number of carbonyl (C=O) groups excluding carboxylic acids is 1. The molecular weight excluding hydrogens is 192 g/mol. The monoisotopic (exact) mass is 215 g/mol. The highest BCUT2D eigenvalue weighted by Crippen LogP contribution is 2.33. The van der Waals surface area contributed by atoms with Crippen LogP contribution in [0.5, 0.6) is 0 Å². The van der Waals surface area contributed by atoms with Gasteiger partial charge >= 0.3 is 5.97 Å². The molecule has 0 rings (SSSR count). The summed E-state index contributed by atoms with van der Waals surface area (Å²) in [6.07, 6.45) is 0.533. The van der Waals surface area contributed by atoms with Crippen molar-refractivity contribution < 1.29 is 9.53 Å². The van der Waals surface area contributed by atoms with Crippen LogP contribution in [0.3, 0.4) is 0 Å². The summed E-state index contributed by atoms with van der Waals surface area (Å²) < 4.78 is 5.30. The fourth-order valence-electron chi connectivity index (χ4n) is 0.915. The average molecular weight is 215 g/mol. The highest BCUT2D eigenvalue weighted by molar-refractivity contribution is 6.59. The Hall–Kier alpha value is -0.313. The maximum atomic E-state index is 11.6. The van der Waals surface area contributed by atoms with Crippen molar-refractivity contribution in [3.8, 4) is 0 Å². The first kappa shape index (κ1) is 13.7. The number of esters is 1. The minimum Gasteiger partial charge on any atom is -0.460 e. The van der Waals surface area contributed by atoms with E-state index in [9.17, 15) is 4.79 Å². The highest BCUT2D eigenvalue weighted by Gasteiger charge is 2.29. The first-order valence-electron chi connectivity index (χ1n) is 5.07. The zero-order valence-electron chi connectivity index (χ0n) is 10.5. The molecule has 0 amide bonds. The maximum Gasteiger partial charge on any atom is 0.306 e. The van der Waals surface area contributed by atoms with Gasteiger partial charge in [0, 0.05) is 15.2 Å². The molecule has 0 aliphatic carbocycles. The van der Waals surface area contributed by atoms with Crippen LogP contribution in [0.25, 0.3) is 0 Å². The van der Waals surface area contributed by atoms with E-state index in [1.54, 1.807) is 0 Å². The van der Waals surface area contributed by atoms with Gasteiger partial charge in [-0.2, -0.15) is 0 Å². The van der Waals surface area contributed by atoms with Crippen molar-refractivity contribution in [1.29, 1.82) is 0 Å². The predicted molar refractivity (Wildman–Crippen MR) is 62.0 cm³/mol. The first-order chi connectivity index (χ1) is 6.04. The smallest absolute Gasteiger partial charge is 0.306 e. The Bertz CT molecular complexity index is 202. The van der Waals surface area contributed by atoms with Crippen molar-refractivity contribution in [2.24, 2.45) is 0 Å². The summed E-state index contributed by atoms with van der Waals surface area (Å²) in [5.74, 6) is -0.0753. The van der Waals surface area contributed by atoms with Gasteiger partial charge in [0.1, 0.15) is 5.60 Å². The van der Waals surface area contributed by atoms with E-state index in [2.05, 4.69) is 26.9 Å². The lowest BCUT2D eigenvalue weighted by Gasteiger charge is -2.29. The predicted octanol–water partition coefficient (Wildman–Crippen LogP) is 3.25. The van der Waals surface area contributed by atoms with Gasteiger partial charge < -0.3 is 4.74 Å². The maximum absolute atomic E-state index is 11.6. The molecule has 0 heterocycles. The van der Waals surface area contributed by atoms with Crippen LogP contribution in [0.15, 0.2) is 0 Å². The Balaban J connectivity index is 4.20. The zero-order valence-corrected chi connectivity index (χ0v) is 11.5. The van der Waals surface area contributed by atoms with Crippen molar-refractivity contribution in [2.45, 2.75) is 64.8 Å². The third-order valence-electron chi connectivity index (χ3n) is 2.36. The van der Waals surface area contributed by atoms with E-state index in [-0.39, 0.29) is 16.6 Å². The lowest BCUT2D eigenvalue weighted by Crippen LogP contribution is -2.29. The summed E-state index contributed by atoms with van der Waals surface area (Å²) in [4.78, 5) is 11.6. The van der Waals surface area contributed by atoms with E-state index in [0.717, 1.165) is 0 Å². The molecule has 0 saturated carbocycles. The number of hydrogen-bond acceptors (Lipinski definition) is 2. The van der Waals surface area contributed by atoms with E-state index in [1.165, 1.54) is 0 Å². The molecule has 0 unspecified atom stereocenters. The third-order valence-corrected chi connectivity index (χ3v) is 5.24. The highest BCUT2D eigenvalue weighted by atomic mass is 28.3. The fourth-order valence-corrected chi connectivity index (χ4v) is 1.41. The van der Waals surface area contributed by atoms with Gasteiger partial charge in [-0.15, -0.1) is 0 Å². The van der Waals surface area contributed by atoms with Gasteiger partial charge in [0.25, 0.3) is 0 Å². The van der Waals surface area contributed by atoms with E-state index < -0.39 is 8.80 Å². The third kappa shape index (κ3) is 5.42. The molecule has 0 N–H and O–H groups in total. The van der Waals surface area contributed by atoms with Crippen LogP contribution in [0.1, 0.15) is 41.0 Å². The van der Waals surface area contributed by atoms with Gasteiger partial charge in [0.15, 0.2) is 0 Å². The molecule has 0 bridgehead atoms. The quantitative estimate of drug-likeness (QED) is 0.533. The molecule has 83 valence electrons. The molecular formula is C11H23O2Si. The second-order valence-electron chi connectivity index (χ2n) is 5.65. The second kappa shape index (κ2) is 4.47. The van der Waals surface area contributed by atoms with E-state index in [1.807, 2.05) is 20.8 Å². The number of carbonyl (C=O) groups is 1. The molecule has 14 heavy (non-hydrogen) atoms. The molecule has 1 radical (unpaired) electrons. The van der Waals surface area contributed by atoms with Gasteiger partial charge in [0.05, 0.1) is 0 Å². The lowest BCUT2D eigenvalue weighted by molar-refractivity contribution is -0.155. The summed E-state index contributed by atoms with van der Waals surface area (Å²) in [7, 11) is -0.462. The largest absolute Gasteiger partial charge is 0.460 e. The minimum absolute atomic E-state index is 0.0753. The van der Waals surface area contributed by atoms with Gasteiger partial charge in [0.2, 0.25) is 0 Å². The van der Waals surface area contributed by atoms with Crippen molar-refractivity contribution in [3.63, 3.8) is 0 Å². The normalized spacial score (nSPS) is 13.1. The van der Waals surface area contributed by atoms with Gasteiger partial charge in [-0.25, -0.2) is 0 Å². The molecule has 0 aromatic carbocycles. The van der Waals surface area contributed by atoms with Crippen LogP contribution in [0.2, 0.25) is 18.1 Å². The summed E-state index contributed by atoms with van der Waals surface area (Å²) >= 11 is 0. The van der Waals surface area contributed by atoms with E-state index in [4.69, 9.17) is 4.74 Å². The van der Waals surface area contributed by atoms with E-state index in [0.29, 0.717) is 6.42 Å². The SMILES string of the molecule is C[Si](C)C(C)(C)CC(=O)OC(C)(C)C. The molecule has 3 heteroatoms. The first-order valence-corrected chi connectivity index (χ1v) is 7.57. The van der Waals surface area contributed by atoms with E-state index >= 15 is 0 Å². The molecule has 0 aromatic heterocycles. The zero-order chi connectivity index (χ0) is 11.6. The van der Waals surface area contributed by atoms with Crippen LogP contribution in [0, 0.1) is 0 Å². The van der Waals surface area contributed by atoms with Crippen LogP contribution in [-0.2, 0) is 9.53 Å². The second-order valence-corrected chi connectivity index (χ2v) is 9.00. The van der Waals surface area contributed by atoms with Gasteiger partial charge in [-0.3, -0.25) is 4.79 Å². The average Bonchev–Trinajstić information content (AvgIpc) is 1.79. The number of rotatable bonds is 3. The number of hydrogen-bond donors (Lipinski definition) is 0. The Morgan fingerprint density at radius 2 is 1.57 bits per heavy atom. The van der Waals surface area contributed by atoms with Crippen molar-refractivity contribution in [1.82, 2.24) is 0 Å². The Kier molecular flexibility index (Phi) is 4.37. The van der Waals surface area contributed by atoms with Crippen molar-refractivity contribution >= 4 is 14.8 Å². The Morgan fingerprint density at radius 1 is 1.14 bits per heavy atom. The van der Waals surface area contributed by atoms with Crippen molar-refractivity contribution in [2.75, 3.05) is 0 Å². The summed E-state index contributed by atoms with van der Waals surface area (Å²) in [5, 5.41) is 0.118. The molecule has 2 nitrogen and oxygen atoms in total. The van der Waals surface area contributed by atoms with Gasteiger partial charge in [-0.1, -0.05) is 26.9 Å². The topological polar surface area (TPSA) is 26.3 Å². The molecule has 0 aromatic rings. The molecule has 0 spiro atoms. The molecule has 0 aliphatic rings. The van der Waals surface area contributed by atoms with Crippen LogP contribution >= 0.6 is 0 Å². The molecule has 0 fully saturated rings. The lowest BCUT2D eigenvalue weighted by atomic mass is 10.1. The molecule has 0 atom stereocenters. The standard InChI is InChI=1S/C11H23O2Si/c1-10(2,3)13-9(12)8-11(4,5)14(6)7/h8H2,1-7H3. The van der Waals surface area contributed by atoms with Gasteiger partial charge in [-0.05, 0) is 25.8 Å². The minimum atomic E-state index is -0.462. The van der Waals surface area contributed by atoms with Crippen LogP contribution in [-0.4, -0.2) is 20.4 Å². The summed E-state index contributed by atoms with van der Waals surface area (Å²) in [6.45, 7) is 14.5. The fraction of sp³-hybridized carbons (Fsp3) is 0.909. The number of ether oxygens (including phenoxy) is 1. The van der Waals surface area contributed by atoms with Crippen LogP contribution < -0.4 is 0 Å². The summed E-state index contributed by atoms with van der Waals surface area (Å²) in [6, 6.07) is 0. The summed E-state index contributed by atoms with van der Waals surface area (Å²) in [5.41, 5.74) is -0.360. The Morgan fingerprint density at radius 3 is 1.86 bits per heavy atom. The Labute approximate surface area is 89.6 Å². The molecule has 0 aliphatic heterocycles. The van der Waals surface area contributed by atoms with Crippen LogP contribution in [0.4, 0.5) is 0 Å². The van der Waals surface area contributed by atoms with Crippen molar-refractivity contribution in [3.05, 3.63) is 0 Å².